The van der Waals surface area contributed by atoms with Gasteiger partial charge in [0.2, 0.25) is 11.7 Å². The number of fused-ring (bicyclic) bond motifs is 1. The predicted molar refractivity (Wildman–Crippen MR) is 133 cm³/mol. The number of carbonyl (C=O) groups is 2. The van der Waals surface area contributed by atoms with Gasteiger partial charge in [-0.05, 0) is 31.2 Å². The minimum atomic E-state index is -0.327. The van der Waals surface area contributed by atoms with Gasteiger partial charge in [0.05, 0.1) is 44.4 Å². The number of ketones is 1. The molecule has 1 amide bonds. The molecule has 0 N–H and O–H groups in total. The van der Waals surface area contributed by atoms with Crippen molar-refractivity contribution in [2.45, 2.75) is 18.8 Å². The second-order valence-corrected chi connectivity index (χ2v) is 9.05. The molecular weight excluding hydrogens is 470 g/mol. The zero-order valence-electron chi connectivity index (χ0n) is 20.1. The highest BCUT2D eigenvalue weighted by molar-refractivity contribution is 7.99. The molecule has 1 saturated heterocycles. The van der Waals surface area contributed by atoms with Crippen LogP contribution in [0, 0.1) is 0 Å². The molecule has 186 valence electrons. The Bertz CT molecular complexity index is 1160. The van der Waals surface area contributed by atoms with Crippen molar-refractivity contribution in [1.29, 1.82) is 0 Å². The molecule has 9 nitrogen and oxygen atoms in total. The van der Waals surface area contributed by atoms with Crippen LogP contribution in [0.3, 0.4) is 0 Å². The lowest BCUT2D eigenvalue weighted by atomic mass is 10.1. The summed E-state index contributed by atoms with van der Waals surface area (Å²) in [4.78, 5) is 31.3. The number of carbonyl (C=O) groups excluding carboxylic acids is 2. The molecule has 1 aromatic carbocycles. The molecule has 1 unspecified atom stereocenters. The third kappa shape index (κ3) is 5.88. The first kappa shape index (κ1) is 24.9. The fourth-order valence-corrected chi connectivity index (χ4v) is 4.74. The van der Waals surface area contributed by atoms with E-state index >= 15 is 0 Å². The number of benzene rings is 1. The van der Waals surface area contributed by atoms with Gasteiger partial charge in [-0.1, -0.05) is 6.07 Å². The van der Waals surface area contributed by atoms with E-state index in [1.54, 1.807) is 28.8 Å². The fourth-order valence-electron chi connectivity index (χ4n) is 3.93. The third-order valence-corrected chi connectivity index (χ3v) is 6.62. The van der Waals surface area contributed by atoms with Crippen LogP contribution >= 0.6 is 11.8 Å². The van der Waals surface area contributed by atoms with Crippen LogP contribution < -0.4 is 14.2 Å². The lowest BCUT2D eigenvalue weighted by molar-refractivity contribution is -0.137. The van der Waals surface area contributed by atoms with Crippen molar-refractivity contribution in [1.82, 2.24) is 14.3 Å². The second-order valence-electron chi connectivity index (χ2n) is 8.07. The van der Waals surface area contributed by atoms with Gasteiger partial charge in [0, 0.05) is 24.7 Å². The van der Waals surface area contributed by atoms with Crippen molar-refractivity contribution in [2.75, 3.05) is 46.3 Å². The fraction of sp³-hybridized carbons (Fsp3) is 0.400. The first-order chi connectivity index (χ1) is 17.0. The van der Waals surface area contributed by atoms with E-state index in [-0.39, 0.29) is 24.4 Å². The highest BCUT2D eigenvalue weighted by Gasteiger charge is 2.26. The molecule has 3 heterocycles. The number of morpholine rings is 1. The summed E-state index contributed by atoms with van der Waals surface area (Å²) in [5, 5.41) is 0. The first-order valence-electron chi connectivity index (χ1n) is 11.3. The van der Waals surface area contributed by atoms with Crippen LogP contribution in [0.25, 0.3) is 5.65 Å². The number of rotatable bonds is 10. The van der Waals surface area contributed by atoms with Gasteiger partial charge in [0.1, 0.15) is 18.4 Å². The number of hydrogen-bond acceptors (Lipinski definition) is 8. The Kier molecular flexibility index (Phi) is 8.14. The van der Waals surface area contributed by atoms with Crippen molar-refractivity contribution in [3.05, 3.63) is 54.0 Å². The van der Waals surface area contributed by atoms with Gasteiger partial charge in [-0.2, -0.15) is 0 Å². The highest BCUT2D eigenvalue weighted by atomic mass is 32.2. The standard InChI is InChI=1S/C25H29N3O6S/c1-17(29)20-7-8-21(31-2)25(32-3)24(20)34-14-19-13-28(10-11-33-19)23(30)16-35-15-18-12-27-9-5-4-6-22(27)26-18/h4-9,12,19H,10-11,13-16H2,1-3H3. The normalized spacial score (nSPS) is 15.7. The largest absolute Gasteiger partial charge is 0.493 e. The molecule has 0 radical (unpaired) electrons. The van der Waals surface area contributed by atoms with Crippen LogP contribution in [0.5, 0.6) is 17.2 Å². The Hall–Kier alpha value is -3.24. The van der Waals surface area contributed by atoms with E-state index in [0.717, 1.165) is 11.3 Å². The van der Waals surface area contributed by atoms with Crippen LogP contribution in [-0.2, 0) is 15.3 Å². The van der Waals surface area contributed by atoms with E-state index in [0.29, 0.717) is 54.0 Å². The van der Waals surface area contributed by atoms with Crippen LogP contribution in [0.2, 0.25) is 0 Å². The van der Waals surface area contributed by atoms with Crippen molar-refractivity contribution in [2.24, 2.45) is 0 Å². The summed E-state index contributed by atoms with van der Waals surface area (Å²) in [5.41, 5.74) is 2.23. The number of aromatic nitrogens is 2. The minimum absolute atomic E-state index is 0.0513. The monoisotopic (exact) mass is 499 g/mol. The first-order valence-corrected chi connectivity index (χ1v) is 12.4. The van der Waals surface area contributed by atoms with Gasteiger partial charge in [-0.3, -0.25) is 9.59 Å². The molecule has 10 heteroatoms. The number of amides is 1. The van der Waals surface area contributed by atoms with E-state index in [1.807, 2.05) is 35.0 Å². The molecule has 1 aliphatic rings. The van der Waals surface area contributed by atoms with Crippen molar-refractivity contribution >= 4 is 29.1 Å². The zero-order chi connectivity index (χ0) is 24.8. The van der Waals surface area contributed by atoms with E-state index in [1.165, 1.54) is 21.1 Å². The van der Waals surface area contributed by atoms with Crippen molar-refractivity contribution in [3.8, 4) is 17.2 Å². The van der Waals surface area contributed by atoms with Crippen molar-refractivity contribution < 1.29 is 28.5 Å². The van der Waals surface area contributed by atoms with E-state index in [2.05, 4.69) is 4.98 Å². The van der Waals surface area contributed by atoms with Crippen LogP contribution in [0.4, 0.5) is 0 Å². The number of imidazole rings is 1. The number of ether oxygens (including phenoxy) is 4. The van der Waals surface area contributed by atoms with Gasteiger partial charge in [-0.25, -0.2) is 4.98 Å². The Balaban J connectivity index is 1.32. The zero-order valence-corrected chi connectivity index (χ0v) is 20.9. The smallest absolute Gasteiger partial charge is 0.232 e. The number of methoxy groups -OCH3 is 2. The van der Waals surface area contributed by atoms with Crippen LogP contribution in [0.1, 0.15) is 23.0 Å². The van der Waals surface area contributed by atoms with Crippen molar-refractivity contribution in [3.63, 3.8) is 0 Å². The molecule has 4 rings (SSSR count). The summed E-state index contributed by atoms with van der Waals surface area (Å²) in [6.07, 6.45) is 3.61. The quantitative estimate of drug-likeness (QED) is 0.393. The summed E-state index contributed by atoms with van der Waals surface area (Å²) >= 11 is 1.54. The van der Waals surface area contributed by atoms with Gasteiger partial charge in [0.15, 0.2) is 17.3 Å². The van der Waals surface area contributed by atoms with Crippen LogP contribution in [-0.4, -0.2) is 78.4 Å². The lowest BCUT2D eigenvalue weighted by Gasteiger charge is -2.33. The summed E-state index contributed by atoms with van der Waals surface area (Å²) in [5.74, 6) is 2.06. The molecule has 0 aliphatic carbocycles. The van der Waals surface area contributed by atoms with Gasteiger partial charge < -0.3 is 28.2 Å². The Morgan fingerprint density at radius 3 is 2.77 bits per heavy atom. The summed E-state index contributed by atoms with van der Waals surface area (Å²) in [6.45, 7) is 3.00. The predicted octanol–water partition coefficient (Wildman–Crippen LogP) is 3.09. The average Bonchev–Trinajstić information content (AvgIpc) is 3.29. The maximum atomic E-state index is 12.8. The number of nitrogens with zero attached hydrogens (tertiary/aromatic N) is 3. The van der Waals surface area contributed by atoms with Crippen LogP contribution in [0.15, 0.2) is 42.7 Å². The molecule has 0 saturated carbocycles. The van der Waals surface area contributed by atoms with E-state index in [9.17, 15) is 9.59 Å². The second kappa shape index (κ2) is 11.5. The van der Waals surface area contributed by atoms with Gasteiger partial charge >= 0.3 is 0 Å². The summed E-state index contributed by atoms with van der Waals surface area (Å²) in [7, 11) is 3.02. The van der Waals surface area contributed by atoms with E-state index in [4.69, 9.17) is 18.9 Å². The molecule has 0 spiro atoms. The molecule has 35 heavy (non-hydrogen) atoms. The molecule has 1 atom stereocenters. The average molecular weight is 500 g/mol. The molecule has 1 fully saturated rings. The van der Waals surface area contributed by atoms with Gasteiger partial charge in [-0.15, -0.1) is 11.8 Å². The highest BCUT2D eigenvalue weighted by Crippen LogP contribution is 2.40. The topological polar surface area (TPSA) is 91.6 Å². The maximum absolute atomic E-state index is 12.8. The van der Waals surface area contributed by atoms with E-state index < -0.39 is 0 Å². The SMILES string of the molecule is COc1ccc(C(C)=O)c(OCC2CN(C(=O)CSCc3cn4ccccc4n3)CCO2)c1OC. The minimum Gasteiger partial charge on any atom is -0.493 e. The Labute approximate surface area is 208 Å². The number of hydrogen-bond donors (Lipinski definition) is 0. The number of pyridine rings is 1. The summed E-state index contributed by atoms with van der Waals surface area (Å²) in [6, 6.07) is 9.18. The molecule has 0 bridgehead atoms. The molecular formula is C25H29N3O6S. The molecule has 2 aromatic heterocycles. The summed E-state index contributed by atoms with van der Waals surface area (Å²) < 4.78 is 24.6. The molecule has 1 aliphatic heterocycles. The number of Topliss-reactive ketones (excluding diaryl/α,β-unsaturated/α-hetero) is 1. The lowest BCUT2D eigenvalue weighted by Crippen LogP contribution is -2.48. The van der Waals surface area contributed by atoms with Gasteiger partial charge in [0.25, 0.3) is 0 Å². The number of thioether (sulfide) groups is 1. The Morgan fingerprint density at radius 1 is 1.17 bits per heavy atom. The Morgan fingerprint density at radius 2 is 2.03 bits per heavy atom. The third-order valence-electron chi connectivity index (χ3n) is 5.67. The maximum Gasteiger partial charge on any atom is 0.232 e. The molecule has 3 aromatic rings.